The Hall–Kier alpha value is -2.54. The van der Waals surface area contributed by atoms with E-state index >= 15 is 0 Å². The lowest BCUT2D eigenvalue weighted by Crippen LogP contribution is -2.23. The number of hydrogen-bond donors (Lipinski definition) is 2. The molecule has 3 aromatic rings. The summed E-state index contributed by atoms with van der Waals surface area (Å²) in [5.74, 6) is -0.509. The van der Waals surface area contributed by atoms with Gasteiger partial charge in [0.25, 0.3) is 0 Å². The molecule has 1 aliphatic rings. The molecule has 5 nitrogen and oxygen atoms in total. The molecular weight excluding hydrogens is 312 g/mol. The van der Waals surface area contributed by atoms with E-state index in [-0.39, 0.29) is 0 Å². The van der Waals surface area contributed by atoms with E-state index in [0.717, 1.165) is 25.6 Å². The Morgan fingerprint density at radius 1 is 1.25 bits per heavy atom. The molecule has 2 N–H and O–H groups in total. The number of nitrogens with zero attached hydrogens (tertiary/aromatic N) is 3. The highest BCUT2D eigenvalue weighted by atomic mass is 19.1. The molecule has 1 saturated heterocycles. The summed E-state index contributed by atoms with van der Waals surface area (Å²) in [4.78, 5) is 8.77. The van der Waals surface area contributed by atoms with Gasteiger partial charge in [-0.1, -0.05) is 0 Å². The summed E-state index contributed by atoms with van der Waals surface area (Å²) in [7, 11) is 0. The highest BCUT2D eigenvalue weighted by molar-refractivity contribution is 5.71. The van der Waals surface area contributed by atoms with E-state index in [1.54, 1.807) is 29.9 Å². The van der Waals surface area contributed by atoms with Gasteiger partial charge in [-0.05, 0) is 31.5 Å². The second kappa shape index (κ2) is 5.83. The molecule has 0 aliphatic carbocycles. The van der Waals surface area contributed by atoms with Crippen LogP contribution in [-0.4, -0.2) is 33.5 Å². The number of aromatic nitrogens is 3. The average Bonchev–Trinajstić information content (AvgIpc) is 3.23. The lowest BCUT2D eigenvalue weighted by Gasteiger charge is -2.15. The van der Waals surface area contributed by atoms with Gasteiger partial charge in [0.1, 0.15) is 11.6 Å². The zero-order chi connectivity index (χ0) is 16.7. The van der Waals surface area contributed by atoms with Crippen LogP contribution in [0, 0.1) is 18.6 Å². The molecule has 0 amide bonds. The van der Waals surface area contributed by atoms with Crippen LogP contribution in [0.4, 0.5) is 14.6 Å². The van der Waals surface area contributed by atoms with Crippen LogP contribution in [0.15, 0.2) is 30.7 Å². The first-order valence-corrected chi connectivity index (χ1v) is 7.89. The maximum atomic E-state index is 14.3. The second-order valence-corrected chi connectivity index (χ2v) is 6.03. The summed E-state index contributed by atoms with van der Waals surface area (Å²) in [6.07, 6.45) is 6.01. The number of hydrogen-bond acceptors (Lipinski definition) is 4. The van der Waals surface area contributed by atoms with Crippen molar-refractivity contribution < 1.29 is 8.78 Å². The normalized spacial score (nSPS) is 17.5. The fourth-order valence-corrected chi connectivity index (χ4v) is 3.04. The molecule has 0 radical (unpaired) electrons. The maximum absolute atomic E-state index is 14.3. The van der Waals surface area contributed by atoms with Gasteiger partial charge in [0.05, 0.1) is 11.9 Å². The third-order valence-corrected chi connectivity index (χ3v) is 4.35. The average molecular weight is 329 g/mol. The lowest BCUT2D eigenvalue weighted by molar-refractivity contribution is 0.579. The summed E-state index contributed by atoms with van der Waals surface area (Å²) in [6.45, 7) is 3.46. The molecule has 4 rings (SSSR count). The van der Waals surface area contributed by atoms with Gasteiger partial charge in [0.2, 0.25) is 0 Å². The number of rotatable bonds is 3. The summed E-state index contributed by atoms with van der Waals surface area (Å²) in [5, 5.41) is 6.66. The minimum absolute atomic E-state index is 0.300. The van der Waals surface area contributed by atoms with Gasteiger partial charge in [-0.15, -0.1) is 0 Å². The molecule has 0 spiro atoms. The van der Waals surface area contributed by atoms with E-state index in [2.05, 4.69) is 20.6 Å². The molecule has 0 unspecified atom stereocenters. The predicted octanol–water partition coefficient (Wildman–Crippen LogP) is 2.76. The quantitative estimate of drug-likeness (QED) is 0.776. The fraction of sp³-hybridized carbons (Fsp3) is 0.294. The van der Waals surface area contributed by atoms with Gasteiger partial charge in [-0.3, -0.25) is 4.40 Å². The first kappa shape index (κ1) is 15.0. The minimum atomic E-state index is -0.615. The number of halogens is 2. The standard InChI is InChI=1S/C17H17F2N5/c1-10-6-12(14(19)7-13(10)18)15-9-22-16(17-21-4-5-24(15)17)23-11-2-3-20-8-11/h4-7,9,11,20H,2-3,8H2,1H3,(H,22,23)/t11-/m1/s1. The molecule has 1 aromatic carbocycles. The molecule has 0 bridgehead atoms. The Balaban J connectivity index is 1.80. The van der Waals surface area contributed by atoms with Gasteiger partial charge >= 0.3 is 0 Å². The van der Waals surface area contributed by atoms with Gasteiger partial charge < -0.3 is 10.6 Å². The first-order chi connectivity index (χ1) is 11.6. The molecule has 7 heteroatoms. The molecule has 2 aromatic heterocycles. The van der Waals surface area contributed by atoms with Crippen molar-refractivity contribution in [2.24, 2.45) is 0 Å². The Kier molecular flexibility index (Phi) is 3.65. The van der Waals surface area contributed by atoms with Crippen molar-refractivity contribution in [1.29, 1.82) is 0 Å². The zero-order valence-corrected chi connectivity index (χ0v) is 13.2. The van der Waals surface area contributed by atoms with Gasteiger partial charge in [0.15, 0.2) is 11.5 Å². The van der Waals surface area contributed by atoms with Crippen LogP contribution < -0.4 is 10.6 Å². The molecule has 124 valence electrons. The zero-order valence-electron chi connectivity index (χ0n) is 13.2. The summed E-state index contributed by atoms with van der Waals surface area (Å²) in [6, 6.07) is 2.70. The van der Waals surface area contributed by atoms with Crippen LogP contribution in [0.5, 0.6) is 0 Å². The van der Waals surface area contributed by atoms with Crippen molar-refractivity contribution in [2.75, 3.05) is 18.4 Å². The van der Waals surface area contributed by atoms with E-state index in [4.69, 9.17) is 0 Å². The minimum Gasteiger partial charge on any atom is -0.363 e. The van der Waals surface area contributed by atoms with Crippen molar-refractivity contribution in [2.45, 2.75) is 19.4 Å². The van der Waals surface area contributed by atoms with Crippen LogP contribution in [0.1, 0.15) is 12.0 Å². The Labute approximate surface area is 137 Å². The molecule has 1 aliphatic heterocycles. The van der Waals surface area contributed by atoms with E-state index in [1.807, 2.05) is 0 Å². The Bertz CT molecular complexity index is 899. The molecule has 3 heterocycles. The van der Waals surface area contributed by atoms with Gasteiger partial charge in [0, 0.05) is 36.6 Å². The van der Waals surface area contributed by atoms with E-state index in [0.29, 0.717) is 34.3 Å². The molecule has 0 saturated carbocycles. The van der Waals surface area contributed by atoms with Crippen LogP contribution in [0.3, 0.4) is 0 Å². The third kappa shape index (κ3) is 2.50. The van der Waals surface area contributed by atoms with Crippen molar-refractivity contribution in [3.63, 3.8) is 0 Å². The molecule has 1 atom stereocenters. The summed E-state index contributed by atoms with van der Waals surface area (Å²) >= 11 is 0. The molecular formula is C17H17F2N5. The van der Waals surface area contributed by atoms with E-state index < -0.39 is 11.6 Å². The number of fused-ring (bicyclic) bond motifs is 1. The number of imidazole rings is 1. The SMILES string of the molecule is Cc1cc(-c2cnc(N[C@@H]3CCNC3)c3nccn23)c(F)cc1F. The van der Waals surface area contributed by atoms with E-state index in [1.165, 1.54) is 6.07 Å². The van der Waals surface area contributed by atoms with Crippen molar-refractivity contribution >= 4 is 11.5 Å². The smallest absolute Gasteiger partial charge is 0.180 e. The van der Waals surface area contributed by atoms with Gasteiger partial charge in [-0.2, -0.15) is 0 Å². The van der Waals surface area contributed by atoms with Crippen molar-refractivity contribution in [1.82, 2.24) is 19.7 Å². The number of aryl methyl sites for hydroxylation is 1. The topological polar surface area (TPSA) is 54.2 Å². The van der Waals surface area contributed by atoms with E-state index in [9.17, 15) is 8.78 Å². The highest BCUT2D eigenvalue weighted by Crippen LogP contribution is 2.28. The summed E-state index contributed by atoms with van der Waals surface area (Å²) in [5.41, 5.74) is 1.86. The number of anilines is 1. The van der Waals surface area contributed by atoms with Gasteiger partial charge in [-0.25, -0.2) is 18.7 Å². The molecule has 24 heavy (non-hydrogen) atoms. The van der Waals surface area contributed by atoms with Crippen LogP contribution >= 0.6 is 0 Å². The lowest BCUT2D eigenvalue weighted by atomic mass is 10.1. The number of benzene rings is 1. The fourth-order valence-electron chi connectivity index (χ4n) is 3.04. The van der Waals surface area contributed by atoms with Crippen molar-refractivity contribution in [3.05, 3.63) is 47.9 Å². The molecule has 1 fully saturated rings. The highest BCUT2D eigenvalue weighted by Gasteiger charge is 2.19. The Morgan fingerprint density at radius 3 is 2.92 bits per heavy atom. The third-order valence-electron chi connectivity index (χ3n) is 4.35. The van der Waals surface area contributed by atoms with Crippen molar-refractivity contribution in [3.8, 4) is 11.3 Å². The van der Waals surface area contributed by atoms with Crippen LogP contribution in [0.25, 0.3) is 16.9 Å². The Morgan fingerprint density at radius 2 is 2.12 bits per heavy atom. The predicted molar refractivity (Wildman–Crippen MR) is 88.0 cm³/mol. The largest absolute Gasteiger partial charge is 0.363 e. The van der Waals surface area contributed by atoms with Crippen LogP contribution in [-0.2, 0) is 0 Å². The summed E-state index contributed by atoms with van der Waals surface area (Å²) < 4.78 is 29.6. The van der Waals surface area contributed by atoms with Crippen LogP contribution in [0.2, 0.25) is 0 Å². The maximum Gasteiger partial charge on any atom is 0.180 e. The second-order valence-electron chi connectivity index (χ2n) is 6.03. The first-order valence-electron chi connectivity index (χ1n) is 7.89. The monoisotopic (exact) mass is 329 g/mol. The number of nitrogens with one attached hydrogen (secondary N) is 2.